The van der Waals surface area contributed by atoms with Crippen LogP contribution >= 0.6 is 0 Å². The molecule has 220 valence electrons. The van der Waals surface area contributed by atoms with Crippen LogP contribution in [-0.4, -0.2) is 65.1 Å². The topological polar surface area (TPSA) is 68.7 Å². The number of carbonyl (C=O) groups excluding carboxylic acids is 1. The summed E-state index contributed by atoms with van der Waals surface area (Å²) in [6, 6.07) is 10.4. The van der Waals surface area contributed by atoms with Crippen molar-refractivity contribution in [3.05, 3.63) is 88.2 Å². The predicted octanol–water partition coefficient (Wildman–Crippen LogP) is 5.13. The van der Waals surface area contributed by atoms with Crippen LogP contribution in [0.3, 0.4) is 0 Å². The molecule has 4 rings (SSSR count). The zero-order valence-electron chi connectivity index (χ0n) is 22.3. The summed E-state index contributed by atoms with van der Waals surface area (Å²) in [5, 5.41) is 11.6. The number of benzene rings is 2. The van der Waals surface area contributed by atoms with Gasteiger partial charge in [-0.15, -0.1) is 0 Å². The Kier molecular flexibility index (Phi) is 9.35. The minimum absolute atomic E-state index is 0.0523. The van der Waals surface area contributed by atoms with E-state index in [4.69, 9.17) is 5.11 Å². The monoisotopic (exact) mass is 580 g/mol. The molecule has 3 aromatic rings. The molecule has 1 aromatic heterocycles. The summed E-state index contributed by atoms with van der Waals surface area (Å²) in [6.07, 6.45) is -8.58. The number of carbonyl (C=O) groups is 1. The summed E-state index contributed by atoms with van der Waals surface area (Å²) in [5.74, 6) is -0.675. The summed E-state index contributed by atoms with van der Waals surface area (Å²) >= 11 is 0. The van der Waals surface area contributed by atoms with E-state index in [2.05, 4.69) is 20.1 Å². The molecule has 1 saturated heterocycles. The Morgan fingerprint density at radius 3 is 2.10 bits per heavy atom. The predicted molar refractivity (Wildman–Crippen MR) is 141 cm³/mol. The van der Waals surface area contributed by atoms with Gasteiger partial charge in [0.05, 0.1) is 29.0 Å². The van der Waals surface area contributed by atoms with Crippen molar-refractivity contribution in [3.8, 4) is 11.1 Å². The number of β-amino-alcohol motifs (C(OH)–C–C–N with tert-alkyl or cyclic N) is 1. The van der Waals surface area contributed by atoms with E-state index >= 15 is 0 Å². The highest BCUT2D eigenvalue weighted by Gasteiger charge is 2.37. The van der Waals surface area contributed by atoms with E-state index in [1.807, 2.05) is 31.2 Å². The van der Waals surface area contributed by atoms with Gasteiger partial charge >= 0.3 is 12.4 Å². The summed E-state index contributed by atoms with van der Waals surface area (Å²) < 4.78 is 79.6. The van der Waals surface area contributed by atoms with Gasteiger partial charge in [0.1, 0.15) is 0 Å². The minimum atomic E-state index is -4.98. The van der Waals surface area contributed by atoms with Crippen LogP contribution < -0.4 is 5.32 Å². The number of halogens is 6. The van der Waals surface area contributed by atoms with Crippen molar-refractivity contribution in [1.29, 1.82) is 0 Å². The van der Waals surface area contributed by atoms with Gasteiger partial charge in [0, 0.05) is 52.0 Å². The van der Waals surface area contributed by atoms with E-state index in [1.54, 1.807) is 6.07 Å². The molecule has 0 unspecified atom stereocenters. The largest absolute Gasteiger partial charge is 0.416 e. The molecule has 12 heteroatoms. The average Bonchev–Trinajstić information content (AvgIpc) is 2.92. The van der Waals surface area contributed by atoms with Crippen molar-refractivity contribution < 1.29 is 36.2 Å². The third kappa shape index (κ3) is 7.84. The molecule has 0 spiro atoms. The fourth-order valence-electron chi connectivity index (χ4n) is 4.80. The zero-order chi connectivity index (χ0) is 29.8. The highest BCUT2D eigenvalue weighted by molar-refractivity contribution is 6.01. The molecule has 0 atom stereocenters. The molecule has 2 N–H and O–H groups in total. The maximum atomic E-state index is 13.3. The molecule has 41 heavy (non-hydrogen) atoms. The average molecular weight is 581 g/mol. The van der Waals surface area contributed by atoms with Gasteiger partial charge in [0.15, 0.2) is 0 Å². The Balaban J connectivity index is 1.58. The highest BCUT2D eigenvalue weighted by Crippen LogP contribution is 2.36. The first-order valence-electron chi connectivity index (χ1n) is 13.0. The molecule has 2 heterocycles. The summed E-state index contributed by atoms with van der Waals surface area (Å²) in [6.45, 7) is 5.74. The molecule has 1 fully saturated rings. The second-order valence-corrected chi connectivity index (χ2v) is 9.97. The summed E-state index contributed by atoms with van der Waals surface area (Å²) in [5.41, 5.74) is -0.161. The molecule has 1 aliphatic heterocycles. The molecule has 1 aliphatic rings. The number of aliphatic hydroxyl groups excluding tert-OH is 1. The number of hydrogen-bond acceptors (Lipinski definition) is 5. The Morgan fingerprint density at radius 2 is 1.51 bits per heavy atom. The van der Waals surface area contributed by atoms with E-state index in [-0.39, 0.29) is 23.8 Å². The van der Waals surface area contributed by atoms with Crippen molar-refractivity contribution in [2.75, 3.05) is 39.3 Å². The van der Waals surface area contributed by atoms with Gasteiger partial charge in [-0.05, 0) is 53.4 Å². The molecule has 0 saturated carbocycles. The van der Waals surface area contributed by atoms with Gasteiger partial charge in [-0.1, -0.05) is 24.3 Å². The lowest BCUT2D eigenvalue weighted by atomic mass is 9.96. The van der Waals surface area contributed by atoms with Gasteiger partial charge < -0.3 is 10.4 Å². The zero-order valence-corrected chi connectivity index (χ0v) is 22.3. The minimum Gasteiger partial charge on any atom is -0.395 e. The Morgan fingerprint density at radius 1 is 0.902 bits per heavy atom. The van der Waals surface area contributed by atoms with Crippen molar-refractivity contribution in [2.24, 2.45) is 0 Å². The Bertz CT molecular complexity index is 1340. The number of alkyl halides is 6. The number of pyridine rings is 1. The van der Waals surface area contributed by atoms with Gasteiger partial charge in [-0.25, -0.2) is 0 Å². The highest BCUT2D eigenvalue weighted by atomic mass is 19.4. The first-order valence-corrected chi connectivity index (χ1v) is 13.0. The first-order chi connectivity index (χ1) is 19.3. The van der Waals surface area contributed by atoms with E-state index in [9.17, 15) is 31.1 Å². The van der Waals surface area contributed by atoms with Crippen LogP contribution in [-0.2, 0) is 25.4 Å². The Hall–Kier alpha value is -3.48. The number of nitrogens with zero attached hydrogens (tertiary/aromatic N) is 3. The number of aryl methyl sites for hydroxylation is 1. The normalized spacial score (nSPS) is 15.2. The van der Waals surface area contributed by atoms with Crippen LogP contribution in [0, 0.1) is 6.92 Å². The molecule has 0 aliphatic carbocycles. The van der Waals surface area contributed by atoms with Crippen LogP contribution in [0.5, 0.6) is 0 Å². The number of hydrogen-bond donors (Lipinski definition) is 2. The van der Waals surface area contributed by atoms with Gasteiger partial charge in [0.25, 0.3) is 5.91 Å². The van der Waals surface area contributed by atoms with Crippen LogP contribution in [0.4, 0.5) is 26.3 Å². The second kappa shape index (κ2) is 12.6. The lowest BCUT2D eigenvalue weighted by molar-refractivity contribution is -0.143. The lowest BCUT2D eigenvalue weighted by Gasteiger charge is -2.34. The lowest BCUT2D eigenvalue weighted by Crippen LogP contribution is -2.46. The van der Waals surface area contributed by atoms with Gasteiger partial charge in [-0.2, -0.15) is 26.3 Å². The van der Waals surface area contributed by atoms with Crippen molar-refractivity contribution in [2.45, 2.75) is 32.4 Å². The molecular formula is C29H30F6N4O2. The van der Waals surface area contributed by atoms with Gasteiger partial charge in [-0.3, -0.25) is 19.6 Å². The van der Waals surface area contributed by atoms with E-state index in [1.165, 1.54) is 6.20 Å². The number of aliphatic hydroxyl groups is 1. The maximum Gasteiger partial charge on any atom is 0.416 e. The molecular weight excluding hydrogens is 550 g/mol. The number of amides is 1. The Labute approximate surface area is 233 Å². The quantitative estimate of drug-likeness (QED) is 0.362. The van der Waals surface area contributed by atoms with Crippen LogP contribution in [0.2, 0.25) is 0 Å². The standard InChI is InChI=1S/C29H30F6N4O2/c1-19-4-2-3-5-24(19)25-15-23(18-39-8-6-38(7-9-39)10-11-40)36-17-26(25)27(41)37-16-20-12-21(28(30,31)32)14-22(13-20)29(33,34)35/h2-5,12-15,17,40H,6-11,16,18H2,1H3,(H,37,41). The van der Waals surface area contributed by atoms with Crippen molar-refractivity contribution in [3.63, 3.8) is 0 Å². The van der Waals surface area contributed by atoms with Gasteiger partial charge in [0.2, 0.25) is 0 Å². The number of rotatable bonds is 8. The van der Waals surface area contributed by atoms with Crippen molar-refractivity contribution >= 4 is 5.91 Å². The van der Waals surface area contributed by atoms with E-state index in [0.29, 0.717) is 36.5 Å². The summed E-state index contributed by atoms with van der Waals surface area (Å²) in [4.78, 5) is 22.1. The van der Waals surface area contributed by atoms with Crippen LogP contribution in [0.15, 0.2) is 54.7 Å². The van der Waals surface area contributed by atoms with E-state index < -0.39 is 35.9 Å². The van der Waals surface area contributed by atoms with Crippen LogP contribution in [0.25, 0.3) is 11.1 Å². The summed E-state index contributed by atoms with van der Waals surface area (Å²) in [7, 11) is 0. The third-order valence-corrected chi connectivity index (χ3v) is 7.01. The smallest absolute Gasteiger partial charge is 0.395 e. The molecule has 0 bridgehead atoms. The second-order valence-electron chi connectivity index (χ2n) is 9.97. The number of piperazine rings is 1. The number of aromatic nitrogens is 1. The SMILES string of the molecule is Cc1ccccc1-c1cc(CN2CCN(CCO)CC2)ncc1C(=O)NCc1cc(C(F)(F)F)cc(C(F)(F)F)c1. The fraction of sp³-hybridized carbons (Fsp3) is 0.379. The van der Waals surface area contributed by atoms with E-state index in [0.717, 1.165) is 37.3 Å². The fourth-order valence-corrected chi connectivity index (χ4v) is 4.80. The first kappa shape index (κ1) is 30.5. The maximum absolute atomic E-state index is 13.3. The molecule has 2 aromatic carbocycles. The third-order valence-electron chi connectivity index (χ3n) is 7.01. The van der Waals surface area contributed by atoms with Crippen molar-refractivity contribution in [1.82, 2.24) is 20.1 Å². The number of nitrogens with one attached hydrogen (secondary N) is 1. The van der Waals surface area contributed by atoms with Crippen LogP contribution in [0.1, 0.15) is 38.3 Å². The molecule has 0 radical (unpaired) electrons. The molecule has 1 amide bonds. The molecule has 6 nitrogen and oxygen atoms in total.